The number of ether oxygens (including phenoxy) is 1. The molecule has 1 amide bonds. The minimum Gasteiger partial charge on any atom is -0.496 e. The van der Waals surface area contributed by atoms with Gasteiger partial charge in [-0.15, -0.1) is 0 Å². The first kappa shape index (κ1) is 22.1. The Kier molecular flexibility index (Phi) is 5.91. The Labute approximate surface area is 189 Å². The maximum absolute atomic E-state index is 12.8. The number of carbonyl (C=O) groups is 2. The number of hydrogen-bond donors (Lipinski definition) is 3. The number of methoxy groups -OCH3 is 1. The van der Waals surface area contributed by atoms with Crippen LogP contribution in [0.1, 0.15) is 22.3 Å². The molecule has 0 aliphatic rings. The number of nitrogens with one attached hydrogen (secondary N) is 2. The van der Waals surface area contributed by atoms with Gasteiger partial charge < -0.3 is 24.6 Å². The van der Waals surface area contributed by atoms with Crippen molar-refractivity contribution in [1.82, 2.24) is 10.3 Å². The molecule has 4 rings (SSSR count). The van der Waals surface area contributed by atoms with Crippen molar-refractivity contribution >= 4 is 33.7 Å². The van der Waals surface area contributed by atoms with E-state index < -0.39 is 23.5 Å². The number of aromatic nitrogens is 1. The monoisotopic (exact) mass is 448 g/mol. The number of amides is 1. The zero-order chi connectivity index (χ0) is 23.7. The molecule has 2 aromatic carbocycles. The molecule has 1 unspecified atom stereocenters. The van der Waals surface area contributed by atoms with Crippen LogP contribution in [0.15, 0.2) is 51.8 Å². The predicted octanol–water partition coefficient (Wildman–Crippen LogP) is 3.25. The number of aliphatic carboxylic acids is 1. The molecule has 0 aliphatic heterocycles. The van der Waals surface area contributed by atoms with Crippen LogP contribution in [0.3, 0.4) is 0 Å². The van der Waals surface area contributed by atoms with Crippen molar-refractivity contribution in [3.8, 4) is 5.75 Å². The van der Waals surface area contributed by atoms with Crippen LogP contribution in [-0.4, -0.2) is 35.1 Å². The molecule has 1 atom stereocenters. The van der Waals surface area contributed by atoms with Crippen molar-refractivity contribution in [3.63, 3.8) is 0 Å². The highest BCUT2D eigenvalue weighted by atomic mass is 16.5. The molecular weight excluding hydrogens is 424 g/mol. The molecule has 0 aliphatic carbocycles. The molecular formula is C25H24N2O6. The number of fused-ring (bicyclic) bond motifs is 2. The molecule has 2 heterocycles. The van der Waals surface area contributed by atoms with E-state index in [2.05, 4.69) is 10.3 Å². The van der Waals surface area contributed by atoms with E-state index in [1.54, 1.807) is 19.2 Å². The highest BCUT2D eigenvalue weighted by Gasteiger charge is 2.24. The zero-order valence-electron chi connectivity index (χ0n) is 18.5. The molecule has 0 saturated carbocycles. The summed E-state index contributed by atoms with van der Waals surface area (Å²) in [6.45, 7) is 3.58. The van der Waals surface area contributed by atoms with E-state index in [9.17, 15) is 19.5 Å². The molecule has 0 spiro atoms. The van der Waals surface area contributed by atoms with Crippen LogP contribution in [0.25, 0.3) is 21.9 Å². The van der Waals surface area contributed by atoms with Gasteiger partial charge in [-0.2, -0.15) is 0 Å². The number of carboxylic acid groups (broad SMARTS) is 1. The van der Waals surface area contributed by atoms with E-state index in [1.807, 2.05) is 37.3 Å². The summed E-state index contributed by atoms with van der Waals surface area (Å²) in [6.07, 6.45) is 1.53. The maximum atomic E-state index is 12.8. The Morgan fingerprint density at radius 2 is 1.97 bits per heavy atom. The molecule has 0 bridgehead atoms. The minimum atomic E-state index is -1.16. The van der Waals surface area contributed by atoms with Gasteiger partial charge in [0.2, 0.25) is 5.91 Å². The smallest absolute Gasteiger partial charge is 0.340 e. The fraction of sp³-hybridized carbons (Fsp3) is 0.240. The van der Waals surface area contributed by atoms with Crippen molar-refractivity contribution in [2.45, 2.75) is 32.7 Å². The Balaban J connectivity index is 1.60. The maximum Gasteiger partial charge on any atom is 0.340 e. The topological polar surface area (TPSA) is 122 Å². The van der Waals surface area contributed by atoms with Gasteiger partial charge in [0.15, 0.2) is 0 Å². The van der Waals surface area contributed by atoms with Gasteiger partial charge in [-0.3, -0.25) is 4.79 Å². The van der Waals surface area contributed by atoms with Crippen LogP contribution in [0, 0.1) is 13.8 Å². The molecule has 0 saturated heterocycles. The van der Waals surface area contributed by atoms with E-state index in [4.69, 9.17) is 9.15 Å². The second kappa shape index (κ2) is 8.82. The second-order valence-corrected chi connectivity index (χ2v) is 8.03. The summed E-state index contributed by atoms with van der Waals surface area (Å²) in [5, 5.41) is 13.7. The number of rotatable bonds is 7. The fourth-order valence-corrected chi connectivity index (χ4v) is 4.13. The molecule has 8 heteroatoms. The average molecular weight is 448 g/mol. The SMILES string of the molecule is COc1cc(C)cc2oc(=O)c(CC(=O)NC(Cc3c[nH]c4ccccc34)C(=O)O)c(C)c12. The van der Waals surface area contributed by atoms with E-state index >= 15 is 0 Å². The van der Waals surface area contributed by atoms with E-state index in [0.717, 1.165) is 22.0 Å². The summed E-state index contributed by atoms with van der Waals surface area (Å²) in [4.78, 5) is 40.3. The lowest BCUT2D eigenvalue weighted by atomic mass is 10.0. The van der Waals surface area contributed by atoms with Gasteiger partial charge in [0.05, 0.1) is 24.5 Å². The van der Waals surface area contributed by atoms with Gasteiger partial charge in [0.25, 0.3) is 0 Å². The summed E-state index contributed by atoms with van der Waals surface area (Å²) >= 11 is 0. The van der Waals surface area contributed by atoms with Gasteiger partial charge in [0, 0.05) is 23.5 Å². The summed E-state index contributed by atoms with van der Waals surface area (Å²) in [5.41, 5.74) is 3.01. The third-order valence-corrected chi connectivity index (χ3v) is 5.78. The molecule has 170 valence electrons. The van der Waals surface area contributed by atoms with Crippen molar-refractivity contribution in [3.05, 3.63) is 75.3 Å². The van der Waals surface area contributed by atoms with Crippen molar-refractivity contribution in [2.75, 3.05) is 7.11 Å². The number of benzene rings is 2. The Bertz CT molecular complexity index is 1430. The number of H-pyrrole nitrogens is 1. The van der Waals surface area contributed by atoms with Crippen LogP contribution < -0.4 is 15.7 Å². The first-order chi connectivity index (χ1) is 15.8. The van der Waals surface area contributed by atoms with Gasteiger partial charge in [-0.05, 0) is 48.7 Å². The number of carbonyl (C=O) groups excluding carboxylic acids is 1. The lowest BCUT2D eigenvalue weighted by Gasteiger charge is -2.15. The van der Waals surface area contributed by atoms with Gasteiger partial charge in [-0.1, -0.05) is 18.2 Å². The lowest BCUT2D eigenvalue weighted by Crippen LogP contribution is -2.43. The molecule has 8 nitrogen and oxygen atoms in total. The largest absolute Gasteiger partial charge is 0.496 e. The molecule has 0 radical (unpaired) electrons. The highest BCUT2D eigenvalue weighted by molar-refractivity contribution is 5.91. The summed E-state index contributed by atoms with van der Waals surface area (Å²) in [5.74, 6) is -1.20. The number of aryl methyl sites for hydroxylation is 2. The third-order valence-electron chi connectivity index (χ3n) is 5.78. The molecule has 0 fully saturated rings. The normalized spacial score (nSPS) is 12.1. The van der Waals surface area contributed by atoms with Gasteiger partial charge >= 0.3 is 11.6 Å². The van der Waals surface area contributed by atoms with E-state index in [-0.39, 0.29) is 18.4 Å². The third kappa shape index (κ3) is 4.32. The van der Waals surface area contributed by atoms with Crippen LogP contribution in [0.4, 0.5) is 0 Å². The van der Waals surface area contributed by atoms with Gasteiger partial charge in [0.1, 0.15) is 17.4 Å². The van der Waals surface area contributed by atoms with Crippen molar-refractivity contribution in [2.24, 2.45) is 0 Å². The quantitative estimate of drug-likeness (QED) is 0.373. The van der Waals surface area contributed by atoms with Crippen LogP contribution in [0.2, 0.25) is 0 Å². The van der Waals surface area contributed by atoms with Gasteiger partial charge in [-0.25, -0.2) is 9.59 Å². The lowest BCUT2D eigenvalue weighted by molar-refractivity contribution is -0.141. The summed E-state index contributed by atoms with van der Waals surface area (Å²) in [6, 6.07) is 9.93. The zero-order valence-corrected chi connectivity index (χ0v) is 18.5. The standard InChI is InChI=1S/C25H24N2O6/c1-13-8-20(32-3)23-14(2)17(25(31)33-21(23)9-13)11-22(28)27-19(24(29)30)10-15-12-26-18-7-5-4-6-16(15)18/h4-9,12,19,26H,10-11H2,1-3H3,(H,27,28)(H,29,30). The summed E-state index contributed by atoms with van der Waals surface area (Å²) in [7, 11) is 1.52. The molecule has 2 aromatic heterocycles. The average Bonchev–Trinajstić information content (AvgIpc) is 3.18. The minimum absolute atomic E-state index is 0.101. The first-order valence-corrected chi connectivity index (χ1v) is 10.5. The number of aromatic amines is 1. The molecule has 3 N–H and O–H groups in total. The molecule has 4 aromatic rings. The predicted molar refractivity (Wildman–Crippen MR) is 124 cm³/mol. The van der Waals surface area contributed by atoms with Crippen LogP contribution in [0.5, 0.6) is 5.75 Å². The van der Waals surface area contributed by atoms with E-state index in [0.29, 0.717) is 22.3 Å². The molecule has 33 heavy (non-hydrogen) atoms. The summed E-state index contributed by atoms with van der Waals surface area (Å²) < 4.78 is 10.9. The Morgan fingerprint density at radius 1 is 1.21 bits per heavy atom. The second-order valence-electron chi connectivity index (χ2n) is 8.03. The fourth-order valence-electron chi connectivity index (χ4n) is 4.13. The van der Waals surface area contributed by atoms with Crippen LogP contribution >= 0.6 is 0 Å². The number of para-hydroxylation sites is 1. The first-order valence-electron chi connectivity index (χ1n) is 10.5. The number of hydrogen-bond acceptors (Lipinski definition) is 5. The van der Waals surface area contributed by atoms with Crippen molar-refractivity contribution in [1.29, 1.82) is 0 Å². The Morgan fingerprint density at radius 3 is 2.70 bits per heavy atom. The van der Waals surface area contributed by atoms with Crippen LogP contribution in [-0.2, 0) is 22.4 Å². The highest BCUT2D eigenvalue weighted by Crippen LogP contribution is 2.30. The Hall–Kier alpha value is -4.07. The number of carboxylic acids is 1. The van der Waals surface area contributed by atoms with Crippen molar-refractivity contribution < 1.29 is 23.8 Å². The van der Waals surface area contributed by atoms with E-state index in [1.165, 1.54) is 7.11 Å².